The maximum atomic E-state index is 11.9. The van der Waals surface area contributed by atoms with Gasteiger partial charge in [0.25, 0.3) is 0 Å². The van der Waals surface area contributed by atoms with E-state index < -0.39 is 5.41 Å². The van der Waals surface area contributed by atoms with Crippen molar-refractivity contribution in [3.63, 3.8) is 0 Å². The van der Waals surface area contributed by atoms with Gasteiger partial charge in [-0.25, -0.2) is 0 Å². The monoisotopic (exact) mass is 249 g/mol. The van der Waals surface area contributed by atoms with Crippen molar-refractivity contribution in [3.8, 4) is 0 Å². The van der Waals surface area contributed by atoms with E-state index in [1.807, 2.05) is 45.0 Å². The van der Waals surface area contributed by atoms with Gasteiger partial charge < -0.3 is 14.8 Å². The zero-order valence-electron chi connectivity index (χ0n) is 11.0. The third kappa shape index (κ3) is 3.09. The molecule has 1 aliphatic heterocycles. The van der Waals surface area contributed by atoms with Gasteiger partial charge in [0.1, 0.15) is 0 Å². The topological polar surface area (TPSA) is 47.6 Å². The number of carbonyl (C=O) groups excluding carboxylic acids is 1. The molecule has 1 heterocycles. The fourth-order valence-electron chi connectivity index (χ4n) is 1.63. The highest BCUT2D eigenvalue weighted by Crippen LogP contribution is 2.26. The van der Waals surface area contributed by atoms with Crippen LogP contribution in [-0.4, -0.2) is 19.1 Å². The SMILES string of the molecule is CC(C)(C)C(=O)Nc1cccc(C2OCCO2)c1. The van der Waals surface area contributed by atoms with E-state index in [1.54, 1.807) is 0 Å². The van der Waals surface area contributed by atoms with E-state index in [2.05, 4.69) is 5.32 Å². The molecule has 2 rings (SSSR count). The van der Waals surface area contributed by atoms with Gasteiger partial charge in [-0.3, -0.25) is 4.79 Å². The number of rotatable bonds is 2. The van der Waals surface area contributed by atoms with Crippen LogP contribution in [0.2, 0.25) is 0 Å². The number of hydrogen-bond donors (Lipinski definition) is 1. The van der Waals surface area contributed by atoms with Crippen molar-refractivity contribution < 1.29 is 14.3 Å². The summed E-state index contributed by atoms with van der Waals surface area (Å²) in [4.78, 5) is 11.9. The van der Waals surface area contributed by atoms with Gasteiger partial charge >= 0.3 is 0 Å². The quantitative estimate of drug-likeness (QED) is 0.876. The lowest BCUT2D eigenvalue weighted by Gasteiger charge is -2.18. The lowest BCUT2D eigenvalue weighted by molar-refractivity contribution is -0.123. The summed E-state index contributed by atoms with van der Waals surface area (Å²) in [5.41, 5.74) is 1.29. The molecule has 1 N–H and O–H groups in total. The van der Waals surface area contributed by atoms with Crippen LogP contribution in [0.15, 0.2) is 24.3 Å². The Bertz CT molecular complexity index is 431. The van der Waals surface area contributed by atoms with Crippen molar-refractivity contribution in [1.82, 2.24) is 0 Å². The minimum Gasteiger partial charge on any atom is -0.346 e. The van der Waals surface area contributed by atoms with Gasteiger partial charge in [0.15, 0.2) is 6.29 Å². The molecule has 4 nitrogen and oxygen atoms in total. The molecular weight excluding hydrogens is 230 g/mol. The first-order valence-corrected chi connectivity index (χ1v) is 6.11. The van der Waals surface area contributed by atoms with Crippen molar-refractivity contribution >= 4 is 11.6 Å². The van der Waals surface area contributed by atoms with E-state index in [0.29, 0.717) is 13.2 Å². The molecule has 1 aromatic rings. The van der Waals surface area contributed by atoms with Crippen molar-refractivity contribution in [2.75, 3.05) is 18.5 Å². The summed E-state index contributed by atoms with van der Waals surface area (Å²) in [6, 6.07) is 7.57. The Morgan fingerprint density at radius 2 is 1.94 bits per heavy atom. The average molecular weight is 249 g/mol. The molecule has 4 heteroatoms. The van der Waals surface area contributed by atoms with E-state index in [4.69, 9.17) is 9.47 Å². The Labute approximate surface area is 107 Å². The molecule has 1 aromatic carbocycles. The van der Waals surface area contributed by atoms with E-state index in [1.165, 1.54) is 0 Å². The Morgan fingerprint density at radius 3 is 2.56 bits per heavy atom. The van der Waals surface area contributed by atoms with Crippen molar-refractivity contribution in [1.29, 1.82) is 0 Å². The largest absolute Gasteiger partial charge is 0.346 e. The molecule has 1 amide bonds. The van der Waals surface area contributed by atoms with Crippen molar-refractivity contribution in [2.24, 2.45) is 5.41 Å². The van der Waals surface area contributed by atoms with Gasteiger partial charge in [0, 0.05) is 16.7 Å². The summed E-state index contributed by atoms with van der Waals surface area (Å²) >= 11 is 0. The summed E-state index contributed by atoms with van der Waals surface area (Å²) in [6.07, 6.45) is -0.309. The van der Waals surface area contributed by atoms with Crippen LogP contribution >= 0.6 is 0 Å². The maximum Gasteiger partial charge on any atom is 0.229 e. The lowest BCUT2D eigenvalue weighted by Crippen LogP contribution is -2.27. The third-order valence-electron chi connectivity index (χ3n) is 2.72. The second-order valence-electron chi connectivity index (χ2n) is 5.40. The Kier molecular flexibility index (Phi) is 3.68. The van der Waals surface area contributed by atoms with Gasteiger partial charge in [-0.2, -0.15) is 0 Å². The summed E-state index contributed by atoms with van der Waals surface area (Å²) in [5, 5.41) is 2.90. The number of benzene rings is 1. The van der Waals surface area contributed by atoms with Crippen LogP contribution < -0.4 is 5.32 Å². The molecule has 0 atom stereocenters. The fourth-order valence-corrected chi connectivity index (χ4v) is 1.63. The van der Waals surface area contributed by atoms with Crippen LogP contribution in [0.5, 0.6) is 0 Å². The number of anilines is 1. The number of carbonyl (C=O) groups is 1. The number of nitrogens with one attached hydrogen (secondary N) is 1. The molecule has 1 aliphatic rings. The molecule has 0 bridgehead atoms. The van der Waals surface area contributed by atoms with Gasteiger partial charge in [0.05, 0.1) is 13.2 Å². The van der Waals surface area contributed by atoms with Gasteiger partial charge in [0.2, 0.25) is 5.91 Å². The van der Waals surface area contributed by atoms with E-state index >= 15 is 0 Å². The first-order chi connectivity index (χ1) is 8.47. The number of amides is 1. The van der Waals surface area contributed by atoms with Crippen LogP contribution in [0.25, 0.3) is 0 Å². The summed E-state index contributed by atoms with van der Waals surface area (Å²) in [5.74, 6) is -0.00657. The molecular formula is C14H19NO3. The van der Waals surface area contributed by atoms with Gasteiger partial charge in [-0.15, -0.1) is 0 Å². The molecule has 98 valence electrons. The van der Waals surface area contributed by atoms with Crippen LogP contribution in [-0.2, 0) is 14.3 Å². The smallest absolute Gasteiger partial charge is 0.229 e. The highest BCUT2D eigenvalue weighted by atomic mass is 16.7. The first kappa shape index (κ1) is 13.1. The number of hydrogen-bond acceptors (Lipinski definition) is 3. The average Bonchev–Trinajstić information content (AvgIpc) is 2.81. The molecule has 0 radical (unpaired) electrons. The molecule has 1 fully saturated rings. The zero-order chi connectivity index (χ0) is 13.2. The minimum absolute atomic E-state index is 0.00657. The highest BCUT2D eigenvalue weighted by molar-refractivity contribution is 5.94. The van der Waals surface area contributed by atoms with Crippen LogP contribution in [0.1, 0.15) is 32.6 Å². The molecule has 18 heavy (non-hydrogen) atoms. The minimum atomic E-state index is -0.406. The third-order valence-corrected chi connectivity index (χ3v) is 2.72. The lowest BCUT2D eigenvalue weighted by atomic mass is 9.95. The summed E-state index contributed by atoms with van der Waals surface area (Å²) in [6.45, 7) is 6.88. The fraction of sp³-hybridized carbons (Fsp3) is 0.500. The van der Waals surface area contributed by atoms with E-state index in [0.717, 1.165) is 11.3 Å². The zero-order valence-corrected chi connectivity index (χ0v) is 11.0. The second-order valence-corrected chi connectivity index (χ2v) is 5.40. The van der Waals surface area contributed by atoms with E-state index in [9.17, 15) is 4.79 Å². The Hall–Kier alpha value is -1.39. The van der Waals surface area contributed by atoms with Gasteiger partial charge in [-0.05, 0) is 12.1 Å². The predicted molar refractivity (Wildman–Crippen MR) is 69.2 cm³/mol. The van der Waals surface area contributed by atoms with Crippen molar-refractivity contribution in [3.05, 3.63) is 29.8 Å². The van der Waals surface area contributed by atoms with Crippen molar-refractivity contribution in [2.45, 2.75) is 27.1 Å². The Morgan fingerprint density at radius 1 is 1.28 bits per heavy atom. The molecule has 0 aliphatic carbocycles. The summed E-state index contributed by atoms with van der Waals surface area (Å²) in [7, 11) is 0. The van der Waals surface area contributed by atoms with Crippen LogP contribution in [0.4, 0.5) is 5.69 Å². The molecule has 0 unspecified atom stereocenters. The number of ether oxygens (including phenoxy) is 2. The maximum absolute atomic E-state index is 11.9. The second kappa shape index (κ2) is 5.08. The van der Waals surface area contributed by atoms with Gasteiger partial charge in [-0.1, -0.05) is 32.9 Å². The van der Waals surface area contributed by atoms with Crippen LogP contribution in [0, 0.1) is 5.41 Å². The first-order valence-electron chi connectivity index (χ1n) is 6.11. The summed E-state index contributed by atoms with van der Waals surface area (Å²) < 4.78 is 10.9. The molecule has 0 saturated carbocycles. The standard InChI is InChI=1S/C14H19NO3/c1-14(2,3)13(16)15-11-6-4-5-10(9-11)12-17-7-8-18-12/h4-6,9,12H,7-8H2,1-3H3,(H,15,16). The Balaban J connectivity index is 2.10. The van der Waals surface area contributed by atoms with E-state index in [-0.39, 0.29) is 12.2 Å². The molecule has 1 saturated heterocycles. The normalized spacial score (nSPS) is 16.8. The molecule has 0 spiro atoms. The molecule has 0 aromatic heterocycles. The van der Waals surface area contributed by atoms with Crippen LogP contribution in [0.3, 0.4) is 0 Å². The highest BCUT2D eigenvalue weighted by Gasteiger charge is 2.22. The predicted octanol–water partition coefficient (Wildman–Crippen LogP) is 2.72.